The molecule has 73 heavy (non-hydrogen) atoms. The highest BCUT2D eigenvalue weighted by Gasteiger charge is 2.20. The minimum atomic E-state index is -0.657. The minimum absolute atomic E-state index is 0.0217. The number of carbonyl (C=O) groups excluding carboxylic acids is 1. The SMILES string of the molecule is CCCCCCC/C=C\C/C=C\CCCCCCCCCCCCCCCCCCCCCCCCCCCCCCCC(=O)NC(CO)C(O)CCCCCCCCCCCCCCCCCCCCCC. The van der Waals surface area contributed by atoms with Crippen LogP contribution in [-0.4, -0.2) is 34.9 Å². The van der Waals surface area contributed by atoms with Crippen molar-refractivity contribution in [3.8, 4) is 0 Å². The molecule has 0 saturated heterocycles. The van der Waals surface area contributed by atoms with E-state index in [4.69, 9.17) is 0 Å². The molecule has 1 amide bonds. The van der Waals surface area contributed by atoms with Gasteiger partial charge in [-0.15, -0.1) is 0 Å². The monoisotopic (exact) mass is 1030 g/mol. The van der Waals surface area contributed by atoms with Gasteiger partial charge < -0.3 is 15.5 Å². The van der Waals surface area contributed by atoms with E-state index in [0.717, 1.165) is 32.1 Å². The van der Waals surface area contributed by atoms with Gasteiger partial charge in [0.05, 0.1) is 18.8 Å². The number of carbonyl (C=O) groups is 1. The number of aliphatic hydroxyl groups is 2. The van der Waals surface area contributed by atoms with Gasteiger partial charge in [0.15, 0.2) is 0 Å². The van der Waals surface area contributed by atoms with E-state index in [1.807, 2.05) is 0 Å². The van der Waals surface area contributed by atoms with E-state index in [1.54, 1.807) is 0 Å². The molecule has 0 aromatic carbocycles. The zero-order chi connectivity index (χ0) is 52.7. The fourth-order valence-electron chi connectivity index (χ4n) is 11.0. The standard InChI is InChI=1S/C69H135NO3/c1-3-5-7-9-11-13-15-17-19-21-23-25-26-27-28-29-30-31-32-33-34-35-36-37-38-39-40-41-42-43-44-45-47-49-51-53-55-57-59-61-63-65-69(73)70-67(66-71)68(72)64-62-60-58-56-54-52-50-48-46-24-22-20-18-16-14-12-10-8-6-4-2/h15,17,21,23,67-68,71-72H,3-14,16,18-20,22,24-66H2,1-2H3,(H,70,73)/b17-15-,23-21-. The molecule has 434 valence electrons. The van der Waals surface area contributed by atoms with Gasteiger partial charge in [0, 0.05) is 6.42 Å². The van der Waals surface area contributed by atoms with Gasteiger partial charge >= 0.3 is 0 Å². The molecule has 4 heteroatoms. The average Bonchev–Trinajstić information content (AvgIpc) is 3.40. The maximum absolute atomic E-state index is 12.5. The first-order valence-corrected chi connectivity index (χ1v) is 34.0. The van der Waals surface area contributed by atoms with Crippen molar-refractivity contribution in [3.63, 3.8) is 0 Å². The summed E-state index contributed by atoms with van der Waals surface area (Å²) in [5.74, 6) is -0.0217. The molecule has 0 aromatic rings. The maximum Gasteiger partial charge on any atom is 0.220 e. The summed E-state index contributed by atoms with van der Waals surface area (Å²) >= 11 is 0. The third kappa shape index (κ3) is 61.6. The summed E-state index contributed by atoms with van der Waals surface area (Å²) in [5.41, 5.74) is 0. The smallest absolute Gasteiger partial charge is 0.220 e. The lowest BCUT2D eigenvalue weighted by atomic mass is 10.0. The lowest BCUT2D eigenvalue weighted by Crippen LogP contribution is -2.45. The first kappa shape index (κ1) is 71.9. The lowest BCUT2D eigenvalue weighted by molar-refractivity contribution is -0.123. The Morgan fingerprint density at radius 3 is 0.822 bits per heavy atom. The van der Waals surface area contributed by atoms with Crippen LogP contribution in [0.3, 0.4) is 0 Å². The molecule has 0 rings (SSSR count). The van der Waals surface area contributed by atoms with Crippen LogP contribution in [0.25, 0.3) is 0 Å². The van der Waals surface area contributed by atoms with Gasteiger partial charge in [-0.25, -0.2) is 0 Å². The molecule has 0 radical (unpaired) electrons. The largest absolute Gasteiger partial charge is 0.394 e. The molecule has 2 atom stereocenters. The highest BCUT2D eigenvalue weighted by molar-refractivity contribution is 5.76. The number of aliphatic hydroxyl groups excluding tert-OH is 2. The van der Waals surface area contributed by atoms with Crippen molar-refractivity contribution in [3.05, 3.63) is 24.3 Å². The summed E-state index contributed by atoms with van der Waals surface area (Å²) in [7, 11) is 0. The fraction of sp³-hybridized carbons (Fsp3) is 0.928. The molecule has 4 nitrogen and oxygen atoms in total. The second-order valence-corrected chi connectivity index (χ2v) is 23.6. The molecule has 0 aromatic heterocycles. The predicted molar refractivity (Wildman–Crippen MR) is 327 cm³/mol. The number of hydrogen-bond donors (Lipinski definition) is 3. The van der Waals surface area contributed by atoms with Crippen molar-refractivity contribution < 1.29 is 15.0 Å². The summed E-state index contributed by atoms with van der Waals surface area (Å²) < 4.78 is 0. The molecule has 0 aliphatic rings. The molecule has 2 unspecified atom stereocenters. The van der Waals surface area contributed by atoms with E-state index < -0.39 is 12.1 Å². The van der Waals surface area contributed by atoms with Gasteiger partial charge in [-0.05, 0) is 44.9 Å². The van der Waals surface area contributed by atoms with Crippen LogP contribution in [0.4, 0.5) is 0 Å². The first-order chi connectivity index (χ1) is 36.2. The van der Waals surface area contributed by atoms with Crippen molar-refractivity contribution in [2.75, 3.05) is 6.61 Å². The summed E-state index contributed by atoms with van der Waals surface area (Å²) in [6.07, 6.45) is 88.1. The second-order valence-electron chi connectivity index (χ2n) is 23.6. The predicted octanol–water partition coefficient (Wildman–Crippen LogP) is 23.0. The second kappa shape index (κ2) is 65.2. The molecule has 0 bridgehead atoms. The third-order valence-corrected chi connectivity index (χ3v) is 16.2. The lowest BCUT2D eigenvalue weighted by Gasteiger charge is -2.22. The van der Waals surface area contributed by atoms with Gasteiger partial charge in [0.2, 0.25) is 5.91 Å². The topological polar surface area (TPSA) is 69.6 Å². The average molecular weight is 1030 g/mol. The Balaban J connectivity index is 3.34. The number of nitrogens with one attached hydrogen (secondary N) is 1. The minimum Gasteiger partial charge on any atom is -0.394 e. The van der Waals surface area contributed by atoms with Crippen molar-refractivity contribution in [1.29, 1.82) is 0 Å². The van der Waals surface area contributed by atoms with Gasteiger partial charge in [0.25, 0.3) is 0 Å². The molecule has 0 aliphatic carbocycles. The van der Waals surface area contributed by atoms with Crippen LogP contribution in [-0.2, 0) is 4.79 Å². The molecular weight excluding hydrogens is 891 g/mol. The van der Waals surface area contributed by atoms with Crippen LogP contribution in [0.1, 0.15) is 393 Å². The van der Waals surface area contributed by atoms with Crippen LogP contribution < -0.4 is 5.32 Å². The maximum atomic E-state index is 12.5. The quantitative estimate of drug-likeness (QED) is 0.0420. The molecular formula is C69H135NO3. The van der Waals surface area contributed by atoms with Crippen LogP contribution in [0.2, 0.25) is 0 Å². The van der Waals surface area contributed by atoms with E-state index in [0.29, 0.717) is 12.8 Å². The number of unbranched alkanes of at least 4 members (excludes halogenated alkanes) is 53. The van der Waals surface area contributed by atoms with Crippen LogP contribution >= 0.6 is 0 Å². The Morgan fingerprint density at radius 1 is 0.329 bits per heavy atom. The zero-order valence-electron chi connectivity index (χ0n) is 50.2. The van der Waals surface area contributed by atoms with Crippen LogP contribution in [0, 0.1) is 0 Å². The van der Waals surface area contributed by atoms with Gasteiger partial charge in [-0.1, -0.05) is 366 Å². The number of amides is 1. The Bertz CT molecular complexity index is 1070. The van der Waals surface area contributed by atoms with Crippen molar-refractivity contribution in [2.24, 2.45) is 0 Å². The van der Waals surface area contributed by atoms with E-state index in [9.17, 15) is 15.0 Å². The van der Waals surface area contributed by atoms with Crippen LogP contribution in [0.15, 0.2) is 24.3 Å². The third-order valence-electron chi connectivity index (χ3n) is 16.2. The van der Waals surface area contributed by atoms with Gasteiger partial charge in [0.1, 0.15) is 0 Å². The van der Waals surface area contributed by atoms with Crippen molar-refractivity contribution >= 4 is 5.91 Å². The summed E-state index contributed by atoms with van der Waals surface area (Å²) in [6.45, 7) is 4.39. The highest BCUT2D eigenvalue weighted by Crippen LogP contribution is 2.19. The molecule has 3 N–H and O–H groups in total. The normalized spacial score (nSPS) is 12.8. The Hall–Kier alpha value is -1.13. The molecule has 0 spiro atoms. The zero-order valence-corrected chi connectivity index (χ0v) is 50.2. The summed E-state index contributed by atoms with van der Waals surface area (Å²) in [5, 5.41) is 23.4. The Labute approximate surface area is 459 Å². The molecule has 0 fully saturated rings. The number of rotatable bonds is 64. The molecule has 0 heterocycles. The molecule has 0 saturated carbocycles. The van der Waals surface area contributed by atoms with E-state index in [-0.39, 0.29) is 12.5 Å². The number of hydrogen-bond acceptors (Lipinski definition) is 3. The highest BCUT2D eigenvalue weighted by atomic mass is 16.3. The Morgan fingerprint density at radius 2 is 0.562 bits per heavy atom. The Kier molecular flexibility index (Phi) is 64.1. The number of allylic oxidation sites excluding steroid dienone is 4. The van der Waals surface area contributed by atoms with E-state index in [2.05, 4.69) is 43.5 Å². The van der Waals surface area contributed by atoms with E-state index >= 15 is 0 Å². The fourth-order valence-corrected chi connectivity index (χ4v) is 11.0. The van der Waals surface area contributed by atoms with Crippen molar-refractivity contribution in [1.82, 2.24) is 5.32 Å². The van der Waals surface area contributed by atoms with Gasteiger partial charge in [-0.3, -0.25) is 4.79 Å². The summed E-state index contributed by atoms with van der Waals surface area (Å²) in [4.78, 5) is 12.5. The van der Waals surface area contributed by atoms with Crippen molar-refractivity contribution in [2.45, 2.75) is 405 Å². The van der Waals surface area contributed by atoms with Crippen LogP contribution in [0.5, 0.6) is 0 Å². The molecule has 0 aliphatic heterocycles. The van der Waals surface area contributed by atoms with Gasteiger partial charge in [-0.2, -0.15) is 0 Å². The van der Waals surface area contributed by atoms with E-state index in [1.165, 1.54) is 334 Å². The first-order valence-electron chi connectivity index (χ1n) is 34.0. The summed E-state index contributed by atoms with van der Waals surface area (Å²) in [6, 6.07) is -0.534.